The average molecular weight is 197 g/mol. The first-order valence-corrected chi connectivity index (χ1v) is 5.36. The second-order valence-electron chi connectivity index (χ2n) is 4.39. The van der Waals surface area contributed by atoms with Gasteiger partial charge < -0.3 is 9.69 Å². The Labute approximate surface area is 85.5 Å². The molecular weight excluding hydrogens is 178 g/mol. The number of aldehydes is 1. The molecule has 0 spiro atoms. The minimum atomic E-state index is -0.0349. The molecule has 0 aromatic heterocycles. The summed E-state index contributed by atoms with van der Waals surface area (Å²) in [7, 11) is 0. The van der Waals surface area contributed by atoms with E-state index < -0.39 is 0 Å². The SMILES string of the molecule is CC(C=O)CN1CCC(C)CCC1=O. The molecule has 0 aromatic rings. The number of rotatable bonds is 3. The highest BCUT2D eigenvalue weighted by Gasteiger charge is 2.21. The monoisotopic (exact) mass is 197 g/mol. The standard InChI is InChI=1S/C11H19NO2/c1-9-3-4-11(14)12(6-5-9)7-10(2)8-13/h8-10H,3-7H2,1-2H3. The summed E-state index contributed by atoms with van der Waals surface area (Å²) in [4.78, 5) is 24.0. The van der Waals surface area contributed by atoms with Gasteiger partial charge in [-0.25, -0.2) is 0 Å². The van der Waals surface area contributed by atoms with E-state index in [4.69, 9.17) is 0 Å². The van der Waals surface area contributed by atoms with Gasteiger partial charge in [-0.05, 0) is 18.8 Å². The van der Waals surface area contributed by atoms with Gasteiger partial charge >= 0.3 is 0 Å². The zero-order valence-electron chi connectivity index (χ0n) is 9.03. The molecule has 1 aliphatic heterocycles. The Hall–Kier alpha value is -0.860. The van der Waals surface area contributed by atoms with Crippen molar-refractivity contribution in [1.82, 2.24) is 4.90 Å². The molecule has 0 bridgehead atoms. The molecule has 1 rings (SSSR count). The average Bonchev–Trinajstić information content (AvgIpc) is 2.33. The first kappa shape index (κ1) is 11.2. The number of amides is 1. The summed E-state index contributed by atoms with van der Waals surface area (Å²) in [6.45, 7) is 5.45. The molecular formula is C11H19NO2. The number of nitrogens with zero attached hydrogens (tertiary/aromatic N) is 1. The van der Waals surface area contributed by atoms with E-state index in [1.807, 2.05) is 11.8 Å². The van der Waals surface area contributed by atoms with Crippen LogP contribution in [0, 0.1) is 11.8 Å². The second-order valence-corrected chi connectivity index (χ2v) is 4.39. The van der Waals surface area contributed by atoms with E-state index in [9.17, 15) is 9.59 Å². The predicted octanol–water partition coefficient (Wildman–Crippen LogP) is 1.47. The van der Waals surface area contributed by atoms with Crippen LogP contribution < -0.4 is 0 Å². The molecule has 0 radical (unpaired) electrons. The highest BCUT2D eigenvalue weighted by atomic mass is 16.2. The normalized spacial score (nSPS) is 25.7. The Kier molecular flexibility index (Phi) is 4.11. The molecule has 1 fully saturated rings. The second kappa shape index (κ2) is 5.13. The van der Waals surface area contributed by atoms with Gasteiger partial charge in [-0.15, -0.1) is 0 Å². The van der Waals surface area contributed by atoms with Crippen LogP contribution in [0.15, 0.2) is 0 Å². The van der Waals surface area contributed by atoms with Gasteiger partial charge in [-0.2, -0.15) is 0 Å². The Morgan fingerprint density at radius 2 is 2.29 bits per heavy atom. The molecule has 0 N–H and O–H groups in total. The Morgan fingerprint density at radius 3 is 2.93 bits per heavy atom. The molecule has 3 heteroatoms. The Balaban J connectivity index is 2.49. The first-order chi connectivity index (χ1) is 6.63. The van der Waals surface area contributed by atoms with Gasteiger partial charge in [-0.1, -0.05) is 13.8 Å². The van der Waals surface area contributed by atoms with Crippen LogP contribution in [-0.2, 0) is 9.59 Å². The summed E-state index contributed by atoms with van der Waals surface area (Å²) in [5, 5.41) is 0. The number of likely N-dealkylation sites (tertiary alicyclic amines) is 1. The highest BCUT2D eigenvalue weighted by molar-refractivity contribution is 5.76. The summed E-state index contributed by atoms with van der Waals surface area (Å²) in [5.74, 6) is 0.811. The van der Waals surface area contributed by atoms with Gasteiger partial charge in [0.2, 0.25) is 5.91 Å². The van der Waals surface area contributed by atoms with Gasteiger partial charge in [0, 0.05) is 25.4 Å². The highest BCUT2D eigenvalue weighted by Crippen LogP contribution is 2.17. The van der Waals surface area contributed by atoms with Gasteiger partial charge in [0.05, 0.1) is 0 Å². The van der Waals surface area contributed by atoms with Crippen molar-refractivity contribution in [2.24, 2.45) is 11.8 Å². The molecule has 1 aliphatic rings. The van der Waals surface area contributed by atoms with Crippen LogP contribution >= 0.6 is 0 Å². The van der Waals surface area contributed by atoms with Crippen molar-refractivity contribution in [2.45, 2.75) is 33.1 Å². The maximum atomic E-state index is 11.6. The minimum absolute atomic E-state index is 0.0349. The largest absolute Gasteiger partial charge is 0.342 e. The summed E-state index contributed by atoms with van der Waals surface area (Å²) >= 11 is 0. The molecule has 0 saturated carbocycles. The van der Waals surface area contributed by atoms with Gasteiger partial charge in [0.25, 0.3) is 0 Å². The van der Waals surface area contributed by atoms with Crippen molar-refractivity contribution in [3.05, 3.63) is 0 Å². The van der Waals surface area contributed by atoms with Crippen LogP contribution in [0.4, 0.5) is 0 Å². The lowest BCUT2D eigenvalue weighted by molar-refractivity contribution is -0.131. The van der Waals surface area contributed by atoms with Crippen LogP contribution in [0.25, 0.3) is 0 Å². The summed E-state index contributed by atoms with van der Waals surface area (Å²) in [5.41, 5.74) is 0. The number of hydrogen-bond acceptors (Lipinski definition) is 2. The third-order valence-corrected chi connectivity index (χ3v) is 2.84. The summed E-state index contributed by atoms with van der Waals surface area (Å²) in [6.07, 6.45) is 3.62. The maximum Gasteiger partial charge on any atom is 0.222 e. The van der Waals surface area contributed by atoms with Crippen LogP contribution in [0.5, 0.6) is 0 Å². The van der Waals surface area contributed by atoms with E-state index in [1.165, 1.54) is 0 Å². The fourth-order valence-corrected chi connectivity index (χ4v) is 1.76. The fraction of sp³-hybridized carbons (Fsp3) is 0.818. The first-order valence-electron chi connectivity index (χ1n) is 5.36. The molecule has 14 heavy (non-hydrogen) atoms. The van der Waals surface area contributed by atoms with Crippen molar-refractivity contribution >= 4 is 12.2 Å². The van der Waals surface area contributed by atoms with E-state index in [0.29, 0.717) is 18.9 Å². The minimum Gasteiger partial charge on any atom is -0.342 e. The fourth-order valence-electron chi connectivity index (χ4n) is 1.76. The number of carbonyl (C=O) groups excluding carboxylic acids is 2. The van der Waals surface area contributed by atoms with Gasteiger partial charge in [0.1, 0.15) is 6.29 Å². The quantitative estimate of drug-likeness (QED) is 0.642. The molecule has 2 unspecified atom stereocenters. The Bertz CT molecular complexity index is 215. The van der Waals surface area contributed by atoms with E-state index >= 15 is 0 Å². The summed E-state index contributed by atoms with van der Waals surface area (Å²) < 4.78 is 0. The van der Waals surface area contributed by atoms with Crippen molar-refractivity contribution in [1.29, 1.82) is 0 Å². The maximum absolute atomic E-state index is 11.6. The van der Waals surface area contributed by atoms with Crippen LogP contribution in [0.3, 0.4) is 0 Å². The topological polar surface area (TPSA) is 37.4 Å². The van der Waals surface area contributed by atoms with Crippen LogP contribution in [0.1, 0.15) is 33.1 Å². The zero-order chi connectivity index (χ0) is 10.6. The number of hydrogen-bond donors (Lipinski definition) is 0. The molecule has 2 atom stereocenters. The lowest BCUT2D eigenvalue weighted by Crippen LogP contribution is -2.34. The molecule has 1 saturated heterocycles. The lowest BCUT2D eigenvalue weighted by atomic mass is 10.0. The van der Waals surface area contributed by atoms with Crippen molar-refractivity contribution in [2.75, 3.05) is 13.1 Å². The van der Waals surface area contributed by atoms with Crippen molar-refractivity contribution in [3.63, 3.8) is 0 Å². The molecule has 3 nitrogen and oxygen atoms in total. The smallest absolute Gasteiger partial charge is 0.222 e. The van der Waals surface area contributed by atoms with Gasteiger partial charge in [-0.3, -0.25) is 4.79 Å². The van der Waals surface area contributed by atoms with Crippen LogP contribution in [0.2, 0.25) is 0 Å². The van der Waals surface area contributed by atoms with Crippen molar-refractivity contribution in [3.8, 4) is 0 Å². The van der Waals surface area contributed by atoms with E-state index in [0.717, 1.165) is 25.7 Å². The third kappa shape index (κ3) is 3.13. The predicted molar refractivity (Wildman–Crippen MR) is 54.8 cm³/mol. The number of carbonyl (C=O) groups is 2. The van der Waals surface area contributed by atoms with Gasteiger partial charge in [0.15, 0.2) is 0 Å². The molecule has 0 aromatic carbocycles. The van der Waals surface area contributed by atoms with Crippen molar-refractivity contribution < 1.29 is 9.59 Å². The zero-order valence-corrected chi connectivity index (χ0v) is 9.03. The lowest BCUT2D eigenvalue weighted by Gasteiger charge is -2.22. The van der Waals surface area contributed by atoms with E-state index in [2.05, 4.69) is 6.92 Å². The van der Waals surface area contributed by atoms with Crippen LogP contribution in [-0.4, -0.2) is 30.2 Å². The third-order valence-electron chi connectivity index (χ3n) is 2.84. The molecule has 1 amide bonds. The molecule has 80 valence electrons. The molecule has 1 heterocycles. The van der Waals surface area contributed by atoms with E-state index in [1.54, 1.807) is 0 Å². The molecule has 0 aliphatic carbocycles. The van der Waals surface area contributed by atoms with E-state index in [-0.39, 0.29) is 11.8 Å². The summed E-state index contributed by atoms with van der Waals surface area (Å²) in [6, 6.07) is 0. The Morgan fingerprint density at radius 1 is 1.57 bits per heavy atom.